The Morgan fingerprint density at radius 3 is 2.70 bits per heavy atom. The first-order valence-corrected chi connectivity index (χ1v) is 6.73. The van der Waals surface area contributed by atoms with Crippen molar-refractivity contribution in [3.8, 4) is 5.75 Å². The van der Waals surface area contributed by atoms with Crippen LogP contribution in [0.3, 0.4) is 0 Å². The molecule has 1 aromatic carbocycles. The van der Waals surface area contributed by atoms with Crippen molar-refractivity contribution in [1.29, 1.82) is 0 Å². The van der Waals surface area contributed by atoms with Crippen LogP contribution in [0.1, 0.15) is 31.2 Å². The second kappa shape index (κ2) is 5.94. The fraction of sp³-hybridized carbons (Fsp3) is 0.467. The molecule has 1 fully saturated rings. The Kier molecular flexibility index (Phi) is 4.27. The largest absolute Gasteiger partial charge is 0.497 e. The summed E-state index contributed by atoms with van der Waals surface area (Å²) >= 11 is 0. The molecule has 108 valence electrons. The lowest BCUT2D eigenvalue weighted by atomic mass is 9.76. The van der Waals surface area contributed by atoms with Crippen molar-refractivity contribution in [3.05, 3.63) is 29.8 Å². The number of hydrogen-bond acceptors (Lipinski definition) is 3. The first-order chi connectivity index (χ1) is 9.55. The molecule has 0 aromatic heterocycles. The van der Waals surface area contributed by atoms with Crippen LogP contribution < -0.4 is 10.1 Å². The summed E-state index contributed by atoms with van der Waals surface area (Å²) in [5.41, 5.74) is -0.0247. The lowest BCUT2D eigenvalue weighted by molar-refractivity contribution is -0.151. The minimum Gasteiger partial charge on any atom is -0.497 e. The maximum Gasteiger partial charge on any atom is 0.329 e. The zero-order valence-corrected chi connectivity index (χ0v) is 11.5. The number of hydrogen-bond donors (Lipinski definition) is 2. The van der Waals surface area contributed by atoms with Gasteiger partial charge >= 0.3 is 5.97 Å². The van der Waals surface area contributed by atoms with Gasteiger partial charge in [0.1, 0.15) is 11.3 Å². The van der Waals surface area contributed by atoms with Gasteiger partial charge in [0.25, 0.3) is 0 Å². The average molecular weight is 277 g/mol. The Hall–Kier alpha value is -2.04. The molecule has 1 aliphatic rings. The van der Waals surface area contributed by atoms with Gasteiger partial charge in [0, 0.05) is 6.42 Å². The predicted molar refractivity (Wildman–Crippen MR) is 73.7 cm³/mol. The first-order valence-electron chi connectivity index (χ1n) is 6.73. The van der Waals surface area contributed by atoms with Gasteiger partial charge in [-0.05, 0) is 43.4 Å². The van der Waals surface area contributed by atoms with Crippen molar-refractivity contribution in [2.45, 2.75) is 37.6 Å². The molecule has 0 bridgehead atoms. The topological polar surface area (TPSA) is 75.6 Å². The van der Waals surface area contributed by atoms with E-state index in [0.717, 1.165) is 17.7 Å². The van der Waals surface area contributed by atoms with Crippen molar-refractivity contribution in [2.75, 3.05) is 7.11 Å². The minimum atomic E-state index is -1.02. The van der Waals surface area contributed by atoms with Crippen LogP contribution in [0.25, 0.3) is 0 Å². The third kappa shape index (κ3) is 3.10. The Morgan fingerprint density at radius 2 is 2.15 bits per heavy atom. The molecule has 5 nitrogen and oxygen atoms in total. The number of benzene rings is 1. The number of carbonyl (C=O) groups is 2. The number of aryl methyl sites for hydroxylation is 1. The van der Waals surface area contributed by atoms with E-state index in [1.165, 1.54) is 0 Å². The Labute approximate surface area is 117 Å². The molecule has 0 spiro atoms. The van der Waals surface area contributed by atoms with Crippen molar-refractivity contribution in [1.82, 2.24) is 5.32 Å². The van der Waals surface area contributed by atoms with Crippen molar-refractivity contribution >= 4 is 11.9 Å². The molecule has 5 heteroatoms. The highest BCUT2D eigenvalue weighted by Gasteiger charge is 2.45. The Morgan fingerprint density at radius 1 is 1.40 bits per heavy atom. The van der Waals surface area contributed by atoms with E-state index in [2.05, 4.69) is 5.32 Å². The van der Waals surface area contributed by atoms with E-state index in [1.807, 2.05) is 24.3 Å². The molecule has 1 amide bonds. The molecule has 0 unspecified atom stereocenters. The van der Waals surface area contributed by atoms with Gasteiger partial charge in [0.2, 0.25) is 5.91 Å². The SMILES string of the molecule is COc1cccc(CCC(=O)NC2(C(=O)O)CCC2)c1. The van der Waals surface area contributed by atoms with E-state index < -0.39 is 11.5 Å². The number of carboxylic acids is 1. The van der Waals surface area contributed by atoms with Gasteiger partial charge in [-0.3, -0.25) is 4.79 Å². The van der Waals surface area contributed by atoms with Crippen molar-refractivity contribution < 1.29 is 19.4 Å². The maximum atomic E-state index is 11.9. The fourth-order valence-electron chi connectivity index (χ4n) is 2.34. The Bertz CT molecular complexity index is 508. The van der Waals surface area contributed by atoms with E-state index in [0.29, 0.717) is 19.3 Å². The molecule has 0 radical (unpaired) electrons. The molecular weight excluding hydrogens is 258 g/mol. The molecule has 1 aromatic rings. The summed E-state index contributed by atoms with van der Waals surface area (Å²) in [4.78, 5) is 23.0. The van der Waals surface area contributed by atoms with Crippen LogP contribution in [0.15, 0.2) is 24.3 Å². The molecular formula is C15H19NO4. The summed E-state index contributed by atoms with van der Waals surface area (Å²) in [6.07, 6.45) is 2.74. The molecule has 0 heterocycles. The van der Waals surface area contributed by atoms with Gasteiger partial charge in [-0.2, -0.15) is 0 Å². The average Bonchev–Trinajstić information content (AvgIpc) is 2.40. The highest BCUT2D eigenvalue weighted by atomic mass is 16.5. The van der Waals surface area contributed by atoms with E-state index >= 15 is 0 Å². The molecule has 0 atom stereocenters. The molecule has 0 saturated heterocycles. The van der Waals surface area contributed by atoms with Gasteiger partial charge in [-0.25, -0.2) is 4.79 Å². The predicted octanol–water partition coefficient (Wildman–Crippen LogP) is 1.75. The summed E-state index contributed by atoms with van der Waals surface area (Å²) in [7, 11) is 1.60. The summed E-state index contributed by atoms with van der Waals surface area (Å²) < 4.78 is 5.12. The zero-order chi connectivity index (χ0) is 14.6. The molecule has 1 aliphatic carbocycles. The summed E-state index contributed by atoms with van der Waals surface area (Å²) in [6.45, 7) is 0. The first kappa shape index (κ1) is 14.4. The number of nitrogens with one attached hydrogen (secondary N) is 1. The van der Waals surface area contributed by atoms with Crippen LogP contribution in [-0.4, -0.2) is 29.6 Å². The second-order valence-electron chi connectivity index (χ2n) is 5.14. The third-order valence-corrected chi connectivity index (χ3v) is 3.77. The molecule has 0 aliphatic heterocycles. The van der Waals surface area contributed by atoms with E-state index in [9.17, 15) is 9.59 Å². The minimum absolute atomic E-state index is 0.213. The van der Waals surface area contributed by atoms with Crippen LogP contribution in [0.2, 0.25) is 0 Å². The quantitative estimate of drug-likeness (QED) is 0.830. The molecule has 2 rings (SSSR count). The lowest BCUT2D eigenvalue weighted by Gasteiger charge is -2.38. The number of aliphatic carboxylic acids is 1. The van der Waals surface area contributed by atoms with Gasteiger partial charge in [-0.1, -0.05) is 12.1 Å². The molecule has 1 saturated carbocycles. The number of carboxylic acid groups (broad SMARTS) is 1. The van der Waals surface area contributed by atoms with Gasteiger partial charge in [0.05, 0.1) is 7.11 Å². The fourth-order valence-corrected chi connectivity index (χ4v) is 2.34. The summed E-state index contributed by atoms with van der Waals surface area (Å²) in [5.74, 6) is -0.391. The normalized spacial score (nSPS) is 16.1. The second-order valence-corrected chi connectivity index (χ2v) is 5.14. The van der Waals surface area contributed by atoms with E-state index in [-0.39, 0.29) is 12.3 Å². The number of ether oxygens (including phenoxy) is 1. The number of amides is 1. The van der Waals surface area contributed by atoms with Gasteiger partial charge in [0.15, 0.2) is 0 Å². The van der Waals surface area contributed by atoms with Crippen molar-refractivity contribution in [3.63, 3.8) is 0 Å². The smallest absolute Gasteiger partial charge is 0.329 e. The van der Waals surface area contributed by atoms with Crippen molar-refractivity contribution in [2.24, 2.45) is 0 Å². The monoisotopic (exact) mass is 277 g/mol. The van der Waals surface area contributed by atoms with E-state index in [4.69, 9.17) is 9.84 Å². The van der Waals surface area contributed by atoms with E-state index in [1.54, 1.807) is 7.11 Å². The lowest BCUT2D eigenvalue weighted by Crippen LogP contribution is -2.59. The summed E-state index contributed by atoms with van der Waals surface area (Å²) in [5, 5.41) is 11.8. The van der Waals surface area contributed by atoms with Crippen LogP contribution >= 0.6 is 0 Å². The van der Waals surface area contributed by atoms with Crippen LogP contribution in [0.5, 0.6) is 5.75 Å². The molecule has 2 N–H and O–H groups in total. The standard InChI is InChI=1S/C15H19NO4/c1-20-12-5-2-4-11(10-12)6-7-13(17)16-15(14(18)19)8-3-9-15/h2,4-5,10H,3,6-9H2,1H3,(H,16,17)(H,18,19). The maximum absolute atomic E-state index is 11.9. The number of rotatable bonds is 6. The number of carbonyl (C=O) groups excluding carboxylic acids is 1. The highest BCUT2D eigenvalue weighted by molar-refractivity contribution is 5.87. The van der Waals surface area contributed by atoms with Crippen LogP contribution in [-0.2, 0) is 16.0 Å². The van der Waals surface area contributed by atoms with Crippen LogP contribution in [0, 0.1) is 0 Å². The molecule has 20 heavy (non-hydrogen) atoms. The Balaban J connectivity index is 1.87. The third-order valence-electron chi connectivity index (χ3n) is 3.77. The van der Waals surface area contributed by atoms with Gasteiger partial charge in [-0.15, -0.1) is 0 Å². The van der Waals surface area contributed by atoms with Gasteiger partial charge < -0.3 is 15.2 Å². The van der Waals surface area contributed by atoms with Crippen LogP contribution in [0.4, 0.5) is 0 Å². The zero-order valence-electron chi connectivity index (χ0n) is 11.5. The summed E-state index contributed by atoms with van der Waals surface area (Å²) in [6, 6.07) is 7.52. The highest BCUT2D eigenvalue weighted by Crippen LogP contribution is 2.32. The number of methoxy groups -OCH3 is 1.